The minimum absolute atomic E-state index is 0.0328. The van der Waals surface area contributed by atoms with E-state index in [4.69, 9.17) is 0 Å². The number of hydrogen-bond acceptors (Lipinski definition) is 2. The first kappa shape index (κ1) is 25.1. The molecule has 33 heavy (non-hydrogen) atoms. The van der Waals surface area contributed by atoms with E-state index in [0.29, 0.717) is 12.0 Å². The summed E-state index contributed by atoms with van der Waals surface area (Å²) in [5.74, 6) is 0.427. The van der Waals surface area contributed by atoms with Crippen molar-refractivity contribution in [3.8, 4) is 0 Å². The van der Waals surface area contributed by atoms with Crippen molar-refractivity contribution in [2.24, 2.45) is 11.3 Å². The highest BCUT2D eigenvalue weighted by Gasteiger charge is 2.69. The number of allylic oxidation sites excluding steroid dienone is 2. The molecule has 0 amide bonds. The second-order valence-electron chi connectivity index (χ2n) is 9.47. The monoisotopic (exact) mass is 442 g/mol. The zero-order chi connectivity index (χ0) is 24.1. The molecule has 2 unspecified atom stereocenters. The first-order valence-corrected chi connectivity index (χ1v) is 12.6. The number of anilines is 2. The second kappa shape index (κ2) is 10.6. The van der Waals surface area contributed by atoms with Crippen LogP contribution in [-0.4, -0.2) is 18.1 Å². The van der Waals surface area contributed by atoms with Crippen molar-refractivity contribution >= 4 is 11.4 Å². The van der Waals surface area contributed by atoms with Gasteiger partial charge in [-0.05, 0) is 67.5 Å². The number of para-hydroxylation sites is 2. The van der Waals surface area contributed by atoms with Crippen molar-refractivity contribution < 1.29 is 0 Å². The molecule has 176 valence electrons. The quantitative estimate of drug-likeness (QED) is 0.264. The molecule has 1 aliphatic rings. The van der Waals surface area contributed by atoms with Crippen molar-refractivity contribution in [2.75, 3.05) is 11.4 Å². The highest BCUT2D eigenvalue weighted by Crippen LogP contribution is 2.68. The summed E-state index contributed by atoms with van der Waals surface area (Å²) >= 11 is 0. The highest BCUT2D eigenvalue weighted by atomic mass is 15.2. The molecule has 1 fully saturated rings. The van der Waals surface area contributed by atoms with Gasteiger partial charge in [0.15, 0.2) is 0 Å². The molecule has 1 aliphatic carbocycles. The van der Waals surface area contributed by atoms with Crippen molar-refractivity contribution in [1.29, 1.82) is 0 Å². The fourth-order valence-corrected chi connectivity index (χ4v) is 5.66. The molecule has 2 aromatic carbocycles. The van der Waals surface area contributed by atoms with Crippen LogP contribution in [0.4, 0.5) is 11.4 Å². The van der Waals surface area contributed by atoms with Crippen LogP contribution in [0.15, 0.2) is 97.1 Å². The third-order valence-electron chi connectivity index (χ3n) is 7.89. The largest absolute Gasteiger partial charge is 0.338 e. The number of benzene rings is 2. The summed E-state index contributed by atoms with van der Waals surface area (Å²) in [6.07, 6.45) is 7.52. The Balaban J connectivity index is 1.81. The molecule has 0 aliphatic heterocycles. The Kier molecular flexibility index (Phi) is 8.02. The van der Waals surface area contributed by atoms with Gasteiger partial charge in [-0.15, -0.1) is 0 Å². The smallest absolute Gasteiger partial charge is 0.0534 e. The third kappa shape index (κ3) is 4.46. The summed E-state index contributed by atoms with van der Waals surface area (Å²) in [6, 6.07) is 21.8. The van der Waals surface area contributed by atoms with Gasteiger partial charge in [0.2, 0.25) is 0 Å². The predicted octanol–water partition coefficient (Wildman–Crippen LogP) is 8.08. The van der Waals surface area contributed by atoms with Crippen LogP contribution in [-0.2, 0) is 0 Å². The zero-order valence-electron chi connectivity index (χ0n) is 21.3. The van der Waals surface area contributed by atoms with E-state index in [1.807, 2.05) is 0 Å². The van der Waals surface area contributed by atoms with Gasteiger partial charge >= 0.3 is 0 Å². The Morgan fingerprint density at radius 1 is 0.939 bits per heavy atom. The van der Waals surface area contributed by atoms with Gasteiger partial charge < -0.3 is 10.2 Å². The lowest BCUT2D eigenvalue weighted by atomic mass is 9.86. The van der Waals surface area contributed by atoms with Gasteiger partial charge in [-0.25, -0.2) is 0 Å². The molecular weight excluding hydrogens is 400 g/mol. The minimum atomic E-state index is -0.0603. The fraction of sp³-hybridized carbons (Fsp3) is 0.419. The van der Waals surface area contributed by atoms with Gasteiger partial charge in [-0.1, -0.05) is 89.4 Å². The van der Waals surface area contributed by atoms with Crippen molar-refractivity contribution in [3.05, 3.63) is 97.1 Å². The van der Waals surface area contributed by atoms with Crippen molar-refractivity contribution in [1.82, 2.24) is 5.32 Å². The molecule has 0 aromatic heterocycles. The Morgan fingerprint density at radius 2 is 1.48 bits per heavy atom. The van der Waals surface area contributed by atoms with Gasteiger partial charge in [-0.3, -0.25) is 0 Å². The third-order valence-corrected chi connectivity index (χ3v) is 7.89. The van der Waals surface area contributed by atoms with E-state index in [-0.39, 0.29) is 11.0 Å². The molecule has 0 bridgehead atoms. The normalized spacial score (nSPS) is 24.0. The molecule has 3 rings (SSSR count). The topological polar surface area (TPSA) is 15.3 Å². The average Bonchev–Trinajstić information content (AvgIpc) is 3.40. The van der Waals surface area contributed by atoms with Crippen LogP contribution in [0.5, 0.6) is 0 Å². The van der Waals surface area contributed by atoms with Gasteiger partial charge in [-0.2, -0.15) is 0 Å². The van der Waals surface area contributed by atoms with E-state index in [2.05, 4.69) is 131 Å². The molecule has 1 saturated carbocycles. The lowest BCUT2D eigenvalue weighted by Crippen LogP contribution is -2.44. The minimum Gasteiger partial charge on any atom is -0.338 e. The summed E-state index contributed by atoms with van der Waals surface area (Å²) < 4.78 is 0. The summed E-state index contributed by atoms with van der Waals surface area (Å²) in [7, 11) is 0. The van der Waals surface area contributed by atoms with E-state index in [0.717, 1.165) is 25.8 Å². The van der Waals surface area contributed by atoms with Gasteiger partial charge in [0.1, 0.15) is 0 Å². The number of nitrogens with one attached hydrogen (secondary N) is 1. The first-order valence-electron chi connectivity index (χ1n) is 12.6. The molecule has 2 heteroatoms. The summed E-state index contributed by atoms with van der Waals surface area (Å²) in [6.45, 7) is 21.3. The number of hydrogen-bond donors (Lipinski definition) is 1. The molecule has 0 spiro atoms. The fourth-order valence-electron chi connectivity index (χ4n) is 5.66. The van der Waals surface area contributed by atoms with E-state index in [1.54, 1.807) is 0 Å². The predicted molar refractivity (Wildman–Crippen MR) is 145 cm³/mol. The van der Waals surface area contributed by atoms with Crippen LogP contribution in [0, 0.1) is 11.3 Å². The Bertz CT molecular complexity index is 921. The van der Waals surface area contributed by atoms with Crippen LogP contribution in [0.1, 0.15) is 53.9 Å². The van der Waals surface area contributed by atoms with Crippen LogP contribution in [0.3, 0.4) is 0 Å². The van der Waals surface area contributed by atoms with Crippen LogP contribution >= 0.6 is 0 Å². The standard InChI is InChI=1S/C31H42N2/c1-8-11-18-25(5)30(9-2)27(7)31(30,10-3)32-23-24(4)26(6)33(28-19-14-12-15-20-28)29-21-16-13-17-22-29/h11-22,24,26,32H,5,7-10,23H2,1-4,6H3/b18-11-/t24-,26+,30?,31?/m1/s1. The van der Waals surface area contributed by atoms with Gasteiger partial charge in [0.25, 0.3) is 0 Å². The summed E-state index contributed by atoms with van der Waals surface area (Å²) in [5.41, 5.74) is 4.86. The van der Waals surface area contributed by atoms with Gasteiger partial charge in [0, 0.05) is 29.4 Å². The summed E-state index contributed by atoms with van der Waals surface area (Å²) in [4.78, 5) is 2.46. The lowest BCUT2D eigenvalue weighted by molar-refractivity contribution is 0.338. The SMILES string of the molecule is C=C(/C=C\CC)C1(CC)C(=C)C1(CC)NC[C@@H](C)[C@H](C)N(c1ccccc1)c1ccccc1. The Labute approximate surface area is 202 Å². The zero-order valence-corrected chi connectivity index (χ0v) is 21.3. The van der Waals surface area contributed by atoms with E-state index in [1.165, 1.54) is 22.5 Å². The number of rotatable bonds is 12. The second-order valence-corrected chi connectivity index (χ2v) is 9.47. The molecule has 4 atom stereocenters. The molecular formula is C31H42N2. The molecule has 1 N–H and O–H groups in total. The van der Waals surface area contributed by atoms with Crippen LogP contribution < -0.4 is 10.2 Å². The number of nitrogens with zero attached hydrogens (tertiary/aromatic N) is 1. The Morgan fingerprint density at radius 3 is 1.94 bits per heavy atom. The summed E-state index contributed by atoms with van der Waals surface area (Å²) in [5, 5.41) is 3.99. The Hall–Kier alpha value is -2.58. The average molecular weight is 443 g/mol. The maximum absolute atomic E-state index is 4.53. The van der Waals surface area contributed by atoms with E-state index >= 15 is 0 Å². The van der Waals surface area contributed by atoms with Crippen molar-refractivity contribution in [2.45, 2.75) is 65.5 Å². The molecule has 2 nitrogen and oxygen atoms in total. The molecule has 2 aromatic rings. The van der Waals surface area contributed by atoms with E-state index < -0.39 is 0 Å². The highest BCUT2D eigenvalue weighted by molar-refractivity contribution is 5.64. The van der Waals surface area contributed by atoms with Gasteiger partial charge in [0.05, 0.1) is 5.54 Å². The molecule has 0 heterocycles. The maximum Gasteiger partial charge on any atom is 0.0534 e. The van der Waals surface area contributed by atoms with E-state index in [9.17, 15) is 0 Å². The molecule has 0 saturated heterocycles. The lowest BCUT2D eigenvalue weighted by Gasteiger charge is -2.36. The van der Waals surface area contributed by atoms with Crippen molar-refractivity contribution in [3.63, 3.8) is 0 Å². The maximum atomic E-state index is 4.53. The van der Waals surface area contributed by atoms with Crippen LogP contribution in [0.25, 0.3) is 0 Å². The first-order chi connectivity index (χ1) is 15.9. The molecule has 0 radical (unpaired) electrons. The van der Waals surface area contributed by atoms with Crippen LogP contribution in [0.2, 0.25) is 0 Å².